The Morgan fingerprint density at radius 1 is 1.13 bits per heavy atom. The molecule has 0 bridgehead atoms. The number of amides is 1. The van der Waals surface area contributed by atoms with E-state index in [1.54, 1.807) is 42.7 Å². The Hall–Kier alpha value is -3.67. The number of carbonyl (C=O) groups excluding carboxylic acids is 2. The van der Waals surface area contributed by atoms with Crippen LogP contribution in [0.5, 0.6) is 11.5 Å². The molecule has 1 aliphatic rings. The van der Waals surface area contributed by atoms with E-state index < -0.39 is 12.0 Å². The summed E-state index contributed by atoms with van der Waals surface area (Å²) in [6.45, 7) is 2.00. The van der Waals surface area contributed by atoms with Crippen molar-refractivity contribution in [3.05, 3.63) is 89.2 Å². The van der Waals surface area contributed by atoms with Crippen LogP contribution in [0.15, 0.2) is 67.0 Å². The second kappa shape index (κ2) is 8.37. The van der Waals surface area contributed by atoms with Crippen molar-refractivity contribution < 1.29 is 19.1 Å². The molecule has 6 nitrogen and oxygen atoms in total. The van der Waals surface area contributed by atoms with E-state index in [1.165, 1.54) is 0 Å². The van der Waals surface area contributed by atoms with Gasteiger partial charge in [0.05, 0.1) is 5.56 Å². The number of nitrogens with zero attached hydrogens (tertiary/aromatic N) is 1. The maximum atomic E-state index is 12.4. The van der Waals surface area contributed by atoms with Crippen molar-refractivity contribution in [3.8, 4) is 11.5 Å². The van der Waals surface area contributed by atoms with Gasteiger partial charge in [-0.2, -0.15) is 0 Å². The number of carbonyl (C=O) groups is 2. The number of aromatic nitrogens is 1. The third-order valence-electron chi connectivity index (χ3n) is 5.18. The third kappa shape index (κ3) is 4.03. The van der Waals surface area contributed by atoms with Gasteiger partial charge in [0, 0.05) is 30.4 Å². The first-order valence-corrected chi connectivity index (χ1v) is 9.85. The van der Waals surface area contributed by atoms with Crippen molar-refractivity contribution in [1.82, 2.24) is 4.98 Å². The molecule has 1 aromatic heterocycles. The summed E-state index contributed by atoms with van der Waals surface area (Å²) in [5.74, 6) is 0.736. The Morgan fingerprint density at radius 2 is 1.83 bits per heavy atom. The molecule has 1 amide bonds. The van der Waals surface area contributed by atoms with Gasteiger partial charge in [0.1, 0.15) is 23.7 Å². The molecular formula is C24H22N2O4. The maximum absolute atomic E-state index is 12.4. The van der Waals surface area contributed by atoms with Crippen molar-refractivity contribution in [1.29, 1.82) is 0 Å². The average molecular weight is 402 g/mol. The van der Waals surface area contributed by atoms with Crippen LogP contribution in [0, 0.1) is 0 Å². The number of fused-ring (bicyclic) bond motifs is 1. The molecule has 152 valence electrons. The predicted molar refractivity (Wildman–Crippen MR) is 112 cm³/mol. The van der Waals surface area contributed by atoms with E-state index >= 15 is 0 Å². The second-order valence-corrected chi connectivity index (χ2v) is 7.20. The molecule has 0 aliphatic carbocycles. The Balaban J connectivity index is 1.67. The van der Waals surface area contributed by atoms with E-state index in [2.05, 4.69) is 4.98 Å². The van der Waals surface area contributed by atoms with Crippen LogP contribution in [0.3, 0.4) is 0 Å². The van der Waals surface area contributed by atoms with E-state index in [9.17, 15) is 9.59 Å². The van der Waals surface area contributed by atoms with Gasteiger partial charge in [-0.1, -0.05) is 19.1 Å². The number of rotatable bonds is 6. The summed E-state index contributed by atoms with van der Waals surface area (Å²) < 4.78 is 12.3. The molecule has 30 heavy (non-hydrogen) atoms. The number of nitrogens with two attached hydrogens (primary N) is 1. The Bertz CT molecular complexity index is 1060. The molecule has 2 aromatic carbocycles. The van der Waals surface area contributed by atoms with Gasteiger partial charge in [-0.3, -0.25) is 14.6 Å². The van der Waals surface area contributed by atoms with E-state index in [0.717, 1.165) is 17.5 Å². The highest BCUT2D eigenvalue weighted by atomic mass is 16.5. The maximum Gasteiger partial charge on any atom is 0.248 e. The van der Waals surface area contributed by atoms with Gasteiger partial charge in [-0.05, 0) is 53.9 Å². The first-order valence-electron chi connectivity index (χ1n) is 9.85. The summed E-state index contributed by atoms with van der Waals surface area (Å²) in [7, 11) is 0. The van der Waals surface area contributed by atoms with Gasteiger partial charge in [0.2, 0.25) is 5.91 Å². The van der Waals surface area contributed by atoms with Crippen LogP contribution in [0.4, 0.5) is 0 Å². The summed E-state index contributed by atoms with van der Waals surface area (Å²) in [5.41, 5.74) is 8.12. The number of pyridine rings is 1. The number of primary amides is 1. The average Bonchev–Trinajstić information content (AvgIpc) is 2.77. The summed E-state index contributed by atoms with van der Waals surface area (Å²) in [4.78, 5) is 27.8. The van der Waals surface area contributed by atoms with Crippen molar-refractivity contribution in [3.63, 3.8) is 0 Å². The van der Waals surface area contributed by atoms with E-state index in [1.807, 2.05) is 31.2 Å². The number of benzene rings is 2. The molecular weight excluding hydrogens is 380 g/mol. The summed E-state index contributed by atoms with van der Waals surface area (Å²) in [6, 6.07) is 16.0. The first-order chi connectivity index (χ1) is 14.5. The van der Waals surface area contributed by atoms with Crippen LogP contribution in [0.2, 0.25) is 0 Å². The fourth-order valence-electron chi connectivity index (χ4n) is 3.49. The molecule has 6 heteroatoms. The van der Waals surface area contributed by atoms with Crippen LogP contribution in [-0.4, -0.2) is 22.8 Å². The molecule has 2 atom stereocenters. The molecule has 0 radical (unpaired) electrons. The number of Topliss-reactive ketones (excluding diaryl/α,β-unsaturated/α-hetero) is 1. The molecule has 0 fully saturated rings. The molecule has 0 saturated heterocycles. The first kappa shape index (κ1) is 19.6. The van der Waals surface area contributed by atoms with E-state index in [4.69, 9.17) is 15.2 Å². The molecule has 3 aromatic rings. The number of hydrogen-bond donors (Lipinski definition) is 1. The lowest BCUT2D eigenvalue weighted by Gasteiger charge is -2.26. The Kier molecular flexibility index (Phi) is 5.48. The molecule has 0 unspecified atom stereocenters. The lowest BCUT2D eigenvalue weighted by Crippen LogP contribution is -2.26. The Morgan fingerprint density at radius 3 is 2.50 bits per heavy atom. The monoisotopic (exact) mass is 402 g/mol. The van der Waals surface area contributed by atoms with Crippen LogP contribution >= 0.6 is 0 Å². The topological polar surface area (TPSA) is 91.5 Å². The fourth-order valence-corrected chi connectivity index (χ4v) is 3.49. The van der Waals surface area contributed by atoms with E-state index in [0.29, 0.717) is 29.0 Å². The van der Waals surface area contributed by atoms with Gasteiger partial charge in [0.25, 0.3) is 0 Å². The molecule has 2 N–H and O–H groups in total. The SMILES string of the molecule is CC[C@H]1CC(=O)c2ccc(O[C@@H](c3ccncc3)c3ccc(C(N)=O)cc3)cc2O1. The third-order valence-corrected chi connectivity index (χ3v) is 5.18. The van der Waals surface area contributed by atoms with Crippen LogP contribution < -0.4 is 15.2 Å². The minimum atomic E-state index is -0.482. The molecule has 4 rings (SSSR count). The Labute approximate surface area is 174 Å². The highest BCUT2D eigenvalue weighted by Crippen LogP contribution is 2.35. The predicted octanol–water partition coefficient (Wildman–Crippen LogP) is 4.09. The fraction of sp³-hybridized carbons (Fsp3) is 0.208. The zero-order valence-corrected chi connectivity index (χ0v) is 16.6. The lowest BCUT2D eigenvalue weighted by molar-refractivity contribution is 0.0844. The van der Waals surface area contributed by atoms with Crippen molar-refractivity contribution in [2.45, 2.75) is 32.0 Å². The highest BCUT2D eigenvalue weighted by Gasteiger charge is 2.26. The molecule has 0 spiro atoms. The number of hydrogen-bond acceptors (Lipinski definition) is 5. The number of ether oxygens (including phenoxy) is 2. The normalized spacial score (nSPS) is 16.3. The largest absolute Gasteiger partial charge is 0.489 e. The van der Waals surface area contributed by atoms with Gasteiger partial charge < -0.3 is 15.2 Å². The summed E-state index contributed by atoms with van der Waals surface area (Å²) >= 11 is 0. The molecule has 2 heterocycles. The molecule has 1 aliphatic heterocycles. The van der Waals surface area contributed by atoms with E-state index in [-0.39, 0.29) is 11.9 Å². The number of ketones is 1. The zero-order valence-electron chi connectivity index (χ0n) is 16.6. The van der Waals surface area contributed by atoms with Crippen LogP contribution in [-0.2, 0) is 0 Å². The summed E-state index contributed by atoms with van der Waals surface area (Å²) in [6.07, 6.45) is 4.01. The standard InChI is InChI=1S/C24H22N2O4/c1-2-18-13-21(27)20-8-7-19(14-22(20)29-18)30-23(16-9-11-26-12-10-16)15-3-5-17(6-4-15)24(25)28/h3-12,14,18,23H,2,13H2,1H3,(H2,25,28)/t18-,23+/m0/s1. The second-order valence-electron chi connectivity index (χ2n) is 7.20. The van der Waals surface area contributed by atoms with Crippen LogP contribution in [0.25, 0.3) is 0 Å². The van der Waals surface area contributed by atoms with Gasteiger partial charge in [-0.15, -0.1) is 0 Å². The minimum absolute atomic E-state index is 0.0855. The zero-order chi connectivity index (χ0) is 21.1. The van der Waals surface area contributed by atoms with Crippen molar-refractivity contribution in [2.75, 3.05) is 0 Å². The quantitative estimate of drug-likeness (QED) is 0.670. The smallest absolute Gasteiger partial charge is 0.248 e. The van der Waals surface area contributed by atoms with Crippen LogP contribution in [0.1, 0.15) is 57.7 Å². The van der Waals surface area contributed by atoms with Crippen molar-refractivity contribution in [2.24, 2.45) is 5.73 Å². The van der Waals surface area contributed by atoms with Gasteiger partial charge in [-0.25, -0.2) is 0 Å². The highest BCUT2D eigenvalue weighted by molar-refractivity contribution is 6.00. The molecule has 0 saturated carbocycles. The van der Waals surface area contributed by atoms with Gasteiger partial charge >= 0.3 is 0 Å². The summed E-state index contributed by atoms with van der Waals surface area (Å²) in [5, 5.41) is 0. The lowest BCUT2D eigenvalue weighted by atomic mass is 9.99. The van der Waals surface area contributed by atoms with Crippen molar-refractivity contribution >= 4 is 11.7 Å². The minimum Gasteiger partial charge on any atom is -0.489 e. The van der Waals surface area contributed by atoms with Gasteiger partial charge in [0.15, 0.2) is 5.78 Å².